The van der Waals surface area contributed by atoms with Gasteiger partial charge in [0.2, 0.25) is 0 Å². The number of fused-ring (bicyclic) bond motifs is 1. The maximum atomic E-state index is 11.0. The number of nitrogens with zero attached hydrogens (tertiary/aromatic N) is 3. The van der Waals surface area contributed by atoms with Crippen LogP contribution in [0.4, 0.5) is 0 Å². The third kappa shape index (κ3) is 1.58. The molecule has 0 radical (unpaired) electrons. The molecule has 5 nitrogen and oxygen atoms in total. The van der Waals surface area contributed by atoms with E-state index in [0.717, 1.165) is 5.56 Å². The van der Waals surface area contributed by atoms with Gasteiger partial charge in [-0.1, -0.05) is 13.8 Å². The van der Waals surface area contributed by atoms with Crippen LogP contribution in [-0.2, 0) is 0 Å². The van der Waals surface area contributed by atoms with Crippen LogP contribution in [0.2, 0.25) is 0 Å². The highest BCUT2D eigenvalue weighted by Gasteiger charge is 2.00. The summed E-state index contributed by atoms with van der Waals surface area (Å²) in [6.45, 7) is 5.86. The first kappa shape index (κ1) is 9.44. The normalized spacial score (nSPS) is 9.46. The first-order valence-corrected chi connectivity index (χ1v) is 4.17. The highest BCUT2D eigenvalue weighted by Crippen LogP contribution is 1.99. The van der Waals surface area contributed by atoms with Crippen LogP contribution in [0.1, 0.15) is 19.4 Å². The Bertz CT molecular complexity index is 443. The number of hydrogen-bond acceptors (Lipinski definition) is 3. The van der Waals surface area contributed by atoms with E-state index in [1.165, 1.54) is 10.8 Å². The summed E-state index contributed by atoms with van der Waals surface area (Å²) >= 11 is 0. The molecule has 0 aliphatic heterocycles. The summed E-state index contributed by atoms with van der Waals surface area (Å²) in [6.07, 6.45) is 2.98. The quantitative estimate of drug-likeness (QED) is 0.650. The van der Waals surface area contributed by atoms with Gasteiger partial charge < -0.3 is 0 Å². The van der Waals surface area contributed by atoms with Crippen LogP contribution >= 0.6 is 0 Å². The van der Waals surface area contributed by atoms with E-state index < -0.39 is 0 Å². The third-order valence-corrected chi connectivity index (χ3v) is 1.49. The lowest BCUT2D eigenvalue weighted by Gasteiger charge is -1.88. The standard InChI is InChI=1S/C6H6N4O.C2H6/c1-4-2-9-10-5(4)7-3-8-6(10)11;1-2/h2-3H,1H3,(H,7,8,11);1-2H3. The molecule has 0 saturated carbocycles. The van der Waals surface area contributed by atoms with Crippen molar-refractivity contribution in [1.82, 2.24) is 19.6 Å². The van der Waals surface area contributed by atoms with Crippen molar-refractivity contribution in [2.75, 3.05) is 0 Å². The molecule has 2 aromatic heterocycles. The molecule has 0 atom stereocenters. The number of hydrogen-bond donors (Lipinski definition) is 1. The van der Waals surface area contributed by atoms with Crippen LogP contribution < -0.4 is 5.69 Å². The van der Waals surface area contributed by atoms with Crippen LogP contribution in [-0.4, -0.2) is 19.6 Å². The van der Waals surface area contributed by atoms with Crippen LogP contribution in [0.5, 0.6) is 0 Å². The SMILES string of the molecule is CC.Cc1cnn2c(=O)[nH]cnc12. The van der Waals surface area contributed by atoms with E-state index in [0.29, 0.717) is 5.65 Å². The second-order valence-corrected chi connectivity index (χ2v) is 2.27. The lowest BCUT2D eigenvalue weighted by molar-refractivity contribution is 0.840. The van der Waals surface area contributed by atoms with E-state index in [4.69, 9.17) is 0 Å². The molecule has 2 heterocycles. The molecular weight excluding hydrogens is 168 g/mol. The van der Waals surface area contributed by atoms with Gasteiger partial charge in [0.1, 0.15) is 0 Å². The van der Waals surface area contributed by atoms with Crippen molar-refractivity contribution in [2.45, 2.75) is 20.8 Å². The van der Waals surface area contributed by atoms with Crippen molar-refractivity contribution in [1.29, 1.82) is 0 Å². The topological polar surface area (TPSA) is 63.1 Å². The molecule has 1 N–H and O–H groups in total. The van der Waals surface area contributed by atoms with Gasteiger partial charge in [-0.05, 0) is 6.92 Å². The molecule has 0 saturated heterocycles. The van der Waals surface area contributed by atoms with Gasteiger partial charge in [0.15, 0.2) is 5.65 Å². The summed E-state index contributed by atoms with van der Waals surface area (Å²) < 4.78 is 1.23. The zero-order chi connectivity index (χ0) is 9.84. The Morgan fingerprint density at radius 1 is 1.46 bits per heavy atom. The van der Waals surface area contributed by atoms with E-state index in [9.17, 15) is 4.79 Å². The molecule has 0 bridgehead atoms. The van der Waals surface area contributed by atoms with Crippen molar-refractivity contribution in [3.8, 4) is 0 Å². The molecule has 0 unspecified atom stereocenters. The summed E-state index contributed by atoms with van der Waals surface area (Å²) in [4.78, 5) is 17.4. The molecule has 13 heavy (non-hydrogen) atoms. The second kappa shape index (κ2) is 3.84. The fourth-order valence-corrected chi connectivity index (χ4v) is 0.939. The van der Waals surface area contributed by atoms with Crippen LogP contribution in [0.3, 0.4) is 0 Å². The molecule has 70 valence electrons. The number of aromatic amines is 1. The Morgan fingerprint density at radius 2 is 2.15 bits per heavy atom. The third-order valence-electron chi connectivity index (χ3n) is 1.49. The van der Waals surface area contributed by atoms with Crippen molar-refractivity contribution >= 4 is 5.65 Å². The maximum Gasteiger partial charge on any atom is 0.349 e. The molecule has 2 rings (SSSR count). The van der Waals surface area contributed by atoms with Crippen LogP contribution in [0.25, 0.3) is 5.65 Å². The zero-order valence-electron chi connectivity index (χ0n) is 7.90. The maximum absolute atomic E-state index is 11.0. The van der Waals surface area contributed by atoms with Gasteiger partial charge in [-0.2, -0.15) is 9.61 Å². The summed E-state index contributed by atoms with van der Waals surface area (Å²) in [6, 6.07) is 0. The highest BCUT2D eigenvalue weighted by atomic mass is 16.1. The number of H-pyrrole nitrogens is 1. The molecule has 0 aromatic carbocycles. The Hall–Kier alpha value is -1.65. The minimum Gasteiger partial charge on any atom is -0.296 e. The zero-order valence-corrected chi connectivity index (χ0v) is 7.90. The first-order valence-electron chi connectivity index (χ1n) is 4.17. The van der Waals surface area contributed by atoms with Gasteiger partial charge in [-0.3, -0.25) is 4.98 Å². The number of aryl methyl sites for hydroxylation is 1. The van der Waals surface area contributed by atoms with E-state index in [-0.39, 0.29) is 5.69 Å². The predicted molar refractivity (Wildman–Crippen MR) is 49.7 cm³/mol. The number of rotatable bonds is 0. The van der Waals surface area contributed by atoms with Crippen molar-refractivity contribution in [3.05, 3.63) is 28.6 Å². The van der Waals surface area contributed by atoms with Crippen molar-refractivity contribution in [3.63, 3.8) is 0 Å². The Balaban J connectivity index is 0.000000396. The Labute approximate surface area is 75.4 Å². The summed E-state index contributed by atoms with van der Waals surface area (Å²) in [5.74, 6) is 0. The largest absolute Gasteiger partial charge is 0.349 e. The van der Waals surface area contributed by atoms with E-state index in [1.807, 2.05) is 20.8 Å². The lowest BCUT2D eigenvalue weighted by Crippen LogP contribution is -2.17. The monoisotopic (exact) mass is 180 g/mol. The Kier molecular flexibility index (Phi) is 2.79. The van der Waals surface area contributed by atoms with E-state index in [2.05, 4.69) is 15.1 Å². The van der Waals surface area contributed by atoms with Gasteiger partial charge in [-0.15, -0.1) is 0 Å². The van der Waals surface area contributed by atoms with Gasteiger partial charge in [0.25, 0.3) is 0 Å². The lowest BCUT2D eigenvalue weighted by atomic mass is 10.4. The molecule has 5 heteroatoms. The molecule has 0 amide bonds. The average molecular weight is 180 g/mol. The molecule has 2 aromatic rings. The smallest absolute Gasteiger partial charge is 0.296 e. The first-order chi connectivity index (χ1) is 6.29. The van der Waals surface area contributed by atoms with E-state index >= 15 is 0 Å². The fourth-order valence-electron chi connectivity index (χ4n) is 0.939. The number of nitrogens with one attached hydrogen (secondary N) is 1. The molecule has 0 aliphatic rings. The highest BCUT2D eigenvalue weighted by molar-refractivity contribution is 5.43. The minimum absolute atomic E-state index is 0.261. The van der Waals surface area contributed by atoms with Gasteiger partial charge >= 0.3 is 5.69 Å². The molecule has 0 spiro atoms. The van der Waals surface area contributed by atoms with Gasteiger partial charge in [-0.25, -0.2) is 9.78 Å². The molecule has 0 aliphatic carbocycles. The van der Waals surface area contributed by atoms with Gasteiger partial charge in [0.05, 0.1) is 12.5 Å². The Morgan fingerprint density at radius 3 is 2.77 bits per heavy atom. The summed E-state index contributed by atoms with van der Waals surface area (Å²) in [5.41, 5.74) is 1.24. The summed E-state index contributed by atoms with van der Waals surface area (Å²) in [5, 5.41) is 3.83. The van der Waals surface area contributed by atoms with Crippen LogP contribution in [0.15, 0.2) is 17.3 Å². The summed E-state index contributed by atoms with van der Waals surface area (Å²) in [7, 11) is 0. The molecular formula is C8H12N4O. The molecule has 0 fully saturated rings. The van der Waals surface area contributed by atoms with Crippen molar-refractivity contribution < 1.29 is 0 Å². The fraction of sp³-hybridized carbons (Fsp3) is 0.375. The minimum atomic E-state index is -0.261. The van der Waals surface area contributed by atoms with Crippen LogP contribution in [0, 0.1) is 6.92 Å². The predicted octanol–water partition coefficient (Wildman–Crippen LogP) is 0.752. The average Bonchev–Trinajstić information content (AvgIpc) is 2.53. The van der Waals surface area contributed by atoms with E-state index in [1.54, 1.807) is 6.20 Å². The van der Waals surface area contributed by atoms with Gasteiger partial charge in [0, 0.05) is 5.56 Å². The second-order valence-electron chi connectivity index (χ2n) is 2.27. The number of aromatic nitrogens is 4. The van der Waals surface area contributed by atoms with Crippen molar-refractivity contribution in [2.24, 2.45) is 0 Å².